The molecule has 0 bridgehead atoms. The van der Waals surface area contributed by atoms with Crippen molar-refractivity contribution in [3.05, 3.63) is 71.8 Å². The van der Waals surface area contributed by atoms with Crippen molar-refractivity contribution in [2.75, 3.05) is 6.54 Å². The van der Waals surface area contributed by atoms with Gasteiger partial charge in [-0.3, -0.25) is 0 Å². The molecule has 24 heavy (non-hydrogen) atoms. The van der Waals surface area contributed by atoms with Crippen LogP contribution in [-0.2, 0) is 22.7 Å². The molecule has 0 aliphatic carbocycles. The molecule has 0 spiro atoms. The van der Waals surface area contributed by atoms with Crippen LogP contribution in [0.2, 0.25) is 0 Å². The SMILES string of the molecule is NC(=O)N(Cc1ccccc1)CC(O)C(=O)OCc1ccccc1. The molecule has 1 unspecified atom stereocenters. The van der Waals surface area contributed by atoms with Gasteiger partial charge >= 0.3 is 12.0 Å². The maximum Gasteiger partial charge on any atom is 0.337 e. The largest absolute Gasteiger partial charge is 0.459 e. The summed E-state index contributed by atoms with van der Waals surface area (Å²) in [7, 11) is 0. The number of rotatable bonds is 7. The molecule has 6 heteroatoms. The minimum absolute atomic E-state index is 0.0615. The first kappa shape index (κ1) is 17.5. The second kappa shape index (κ2) is 8.69. The lowest BCUT2D eigenvalue weighted by molar-refractivity contribution is -0.155. The summed E-state index contributed by atoms with van der Waals surface area (Å²) in [6.45, 7) is 0.0447. The number of aliphatic hydroxyl groups is 1. The average molecular weight is 328 g/mol. The van der Waals surface area contributed by atoms with Gasteiger partial charge in [0.05, 0.1) is 6.54 Å². The van der Waals surface area contributed by atoms with Gasteiger partial charge in [-0.05, 0) is 11.1 Å². The molecule has 0 saturated heterocycles. The predicted molar refractivity (Wildman–Crippen MR) is 88.7 cm³/mol. The van der Waals surface area contributed by atoms with E-state index in [-0.39, 0.29) is 19.7 Å². The normalized spacial score (nSPS) is 11.5. The molecule has 2 aromatic rings. The van der Waals surface area contributed by atoms with Crippen molar-refractivity contribution in [2.24, 2.45) is 5.73 Å². The third-order valence-electron chi connectivity index (χ3n) is 3.42. The van der Waals surface area contributed by atoms with E-state index in [4.69, 9.17) is 10.5 Å². The molecular formula is C18H20N2O4. The van der Waals surface area contributed by atoms with Crippen molar-refractivity contribution in [3.63, 3.8) is 0 Å². The number of hydrogen-bond acceptors (Lipinski definition) is 4. The predicted octanol–water partition coefficient (Wildman–Crippen LogP) is 1.67. The number of nitrogens with two attached hydrogens (primary N) is 1. The molecule has 0 aromatic heterocycles. The molecule has 0 fully saturated rings. The third-order valence-corrected chi connectivity index (χ3v) is 3.42. The van der Waals surface area contributed by atoms with E-state index in [1.807, 2.05) is 60.7 Å². The minimum Gasteiger partial charge on any atom is -0.459 e. The quantitative estimate of drug-likeness (QED) is 0.756. The van der Waals surface area contributed by atoms with Crippen LogP contribution in [0.15, 0.2) is 60.7 Å². The Labute approximate surface area is 140 Å². The standard InChI is InChI=1S/C18H20N2O4/c19-18(23)20(11-14-7-3-1-4-8-14)12-16(21)17(22)24-13-15-9-5-2-6-10-15/h1-10,16,21H,11-13H2,(H2,19,23). The zero-order chi connectivity index (χ0) is 17.4. The smallest absolute Gasteiger partial charge is 0.337 e. The minimum atomic E-state index is -1.45. The summed E-state index contributed by atoms with van der Waals surface area (Å²) < 4.78 is 5.05. The van der Waals surface area contributed by atoms with Gasteiger partial charge in [0.25, 0.3) is 0 Å². The van der Waals surface area contributed by atoms with Crippen molar-refractivity contribution >= 4 is 12.0 Å². The maximum absolute atomic E-state index is 11.9. The van der Waals surface area contributed by atoms with Crippen LogP contribution in [0.4, 0.5) is 4.79 Å². The number of urea groups is 1. The lowest BCUT2D eigenvalue weighted by atomic mass is 10.2. The van der Waals surface area contributed by atoms with E-state index in [0.29, 0.717) is 0 Å². The Morgan fingerprint density at radius 3 is 2.08 bits per heavy atom. The van der Waals surface area contributed by atoms with E-state index in [9.17, 15) is 14.7 Å². The van der Waals surface area contributed by atoms with Gasteiger partial charge in [-0.25, -0.2) is 9.59 Å². The van der Waals surface area contributed by atoms with Crippen LogP contribution < -0.4 is 5.73 Å². The summed E-state index contributed by atoms with van der Waals surface area (Å²) in [4.78, 5) is 24.6. The van der Waals surface area contributed by atoms with Crippen LogP contribution >= 0.6 is 0 Å². The number of benzene rings is 2. The van der Waals surface area contributed by atoms with Crippen LogP contribution in [0.5, 0.6) is 0 Å². The number of nitrogens with zero attached hydrogens (tertiary/aromatic N) is 1. The Balaban J connectivity index is 1.88. The van der Waals surface area contributed by atoms with Crippen molar-refractivity contribution < 1.29 is 19.4 Å². The van der Waals surface area contributed by atoms with E-state index in [0.717, 1.165) is 11.1 Å². The molecule has 0 heterocycles. The van der Waals surface area contributed by atoms with Gasteiger partial charge in [0.15, 0.2) is 6.10 Å². The number of carbonyl (C=O) groups excluding carboxylic acids is 2. The molecule has 2 rings (SSSR count). The molecule has 0 aliphatic rings. The number of hydrogen-bond donors (Lipinski definition) is 2. The Hall–Kier alpha value is -2.86. The number of esters is 1. The van der Waals surface area contributed by atoms with E-state index in [2.05, 4.69) is 0 Å². The number of aliphatic hydroxyl groups excluding tert-OH is 1. The molecule has 126 valence electrons. The van der Waals surface area contributed by atoms with Gasteiger partial charge in [0.1, 0.15) is 6.61 Å². The Kier molecular flexibility index (Phi) is 6.33. The Bertz CT molecular complexity index is 661. The van der Waals surface area contributed by atoms with Crippen molar-refractivity contribution in [1.82, 2.24) is 4.90 Å². The van der Waals surface area contributed by atoms with E-state index >= 15 is 0 Å². The third kappa shape index (κ3) is 5.40. The van der Waals surface area contributed by atoms with Crippen LogP contribution in [0.1, 0.15) is 11.1 Å². The summed E-state index contributed by atoms with van der Waals surface area (Å²) in [5, 5.41) is 9.97. The van der Waals surface area contributed by atoms with E-state index in [1.165, 1.54) is 4.90 Å². The lowest BCUT2D eigenvalue weighted by Gasteiger charge is -2.22. The Morgan fingerprint density at radius 1 is 1.00 bits per heavy atom. The monoisotopic (exact) mass is 328 g/mol. The highest BCUT2D eigenvalue weighted by atomic mass is 16.5. The van der Waals surface area contributed by atoms with Gasteiger partial charge in [-0.1, -0.05) is 60.7 Å². The van der Waals surface area contributed by atoms with Crippen LogP contribution in [-0.4, -0.2) is 34.7 Å². The second-order valence-electron chi connectivity index (χ2n) is 5.31. The Morgan fingerprint density at radius 2 is 1.54 bits per heavy atom. The number of amides is 2. The van der Waals surface area contributed by atoms with E-state index in [1.54, 1.807) is 0 Å². The summed E-state index contributed by atoms with van der Waals surface area (Å²) in [6.07, 6.45) is -1.45. The van der Waals surface area contributed by atoms with Crippen LogP contribution in [0, 0.1) is 0 Å². The molecular weight excluding hydrogens is 308 g/mol. The molecule has 3 N–H and O–H groups in total. The van der Waals surface area contributed by atoms with Gasteiger partial charge < -0.3 is 20.5 Å². The molecule has 2 amide bonds. The number of carbonyl (C=O) groups is 2. The van der Waals surface area contributed by atoms with Gasteiger partial charge in [-0.2, -0.15) is 0 Å². The van der Waals surface area contributed by atoms with Crippen molar-refractivity contribution in [3.8, 4) is 0 Å². The highest BCUT2D eigenvalue weighted by Crippen LogP contribution is 2.07. The topological polar surface area (TPSA) is 92.9 Å². The fourth-order valence-electron chi connectivity index (χ4n) is 2.14. The first-order valence-electron chi connectivity index (χ1n) is 7.53. The summed E-state index contributed by atoms with van der Waals surface area (Å²) in [5.74, 6) is -0.793. The van der Waals surface area contributed by atoms with Crippen molar-refractivity contribution in [1.29, 1.82) is 0 Å². The molecule has 0 saturated carbocycles. The molecule has 0 radical (unpaired) electrons. The van der Waals surface area contributed by atoms with Gasteiger partial charge in [0, 0.05) is 6.54 Å². The van der Waals surface area contributed by atoms with Crippen LogP contribution in [0.3, 0.4) is 0 Å². The molecule has 1 atom stereocenters. The first-order valence-corrected chi connectivity index (χ1v) is 7.53. The average Bonchev–Trinajstić information content (AvgIpc) is 2.60. The summed E-state index contributed by atoms with van der Waals surface area (Å²) >= 11 is 0. The number of ether oxygens (including phenoxy) is 1. The maximum atomic E-state index is 11.9. The number of primary amides is 1. The highest BCUT2D eigenvalue weighted by molar-refractivity contribution is 5.77. The summed E-state index contributed by atoms with van der Waals surface area (Å²) in [6, 6.07) is 17.6. The van der Waals surface area contributed by atoms with Gasteiger partial charge in [0.2, 0.25) is 0 Å². The lowest BCUT2D eigenvalue weighted by Crippen LogP contribution is -2.43. The zero-order valence-electron chi connectivity index (χ0n) is 13.2. The van der Waals surface area contributed by atoms with E-state index < -0.39 is 18.1 Å². The first-order chi connectivity index (χ1) is 11.6. The fraction of sp³-hybridized carbons (Fsp3) is 0.222. The fourth-order valence-corrected chi connectivity index (χ4v) is 2.14. The summed E-state index contributed by atoms with van der Waals surface area (Å²) in [5.41, 5.74) is 6.98. The molecule has 2 aromatic carbocycles. The highest BCUT2D eigenvalue weighted by Gasteiger charge is 2.22. The van der Waals surface area contributed by atoms with Gasteiger partial charge in [-0.15, -0.1) is 0 Å². The van der Waals surface area contributed by atoms with Crippen molar-refractivity contribution in [2.45, 2.75) is 19.3 Å². The zero-order valence-corrected chi connectivity index (χ0v) is 13.2. The van der Waals surface area contributed by atoms with Crippen LogP contribution in [0.25, 0.3) is 0 Å². The molecule has 6 nitrogen and oxygen atoms in total. The second-order valence-corrected chi connectivity index (χ2v) is 5.31. The molecule has 0 aliphatic heterocycles.